The lowest BCUT2D eigenvalue weighted by Crippen LogP contribution is -2.53. The van der Waals surface area contributed by atoms with Gasteiger partial charge in [-0.1, -0.05) is 0 Å². The second-order valence-electron chi connectivity index (χ2n) is 4.85. The van der Waals surface area contributed by atoms with E-state index in [4.69, 9.17) is 5.73 Å². The molecule has 0 unspecified atom stereocenters. The normalized spacial score (nSPS) is 23.7. The number of likely N-dealkylation sites (N-methyl/N-ethyl adjacent to an activating group) is 1. The summed E-state index contributed by atoms with van der Waals surface area (Å²) < 4.78 is 0. The van der Waals surface area contributed by atoms with Gasteiger partial charge >= 0.3 is 0 Å². The van der Waals surface area contributed by atoms with Crippen LogP contribution in [-0.4, -0.2) is 47.1 Å². The van der Waals surface area contributed by atoms with Gasteiger partial charge in [-0.25, -0.2) is 4.98 Å². The predicted molar refractivity (Wildman–Crippen MR) is 63.3 cm³/mol. The van der Waals surface area contributed by atoms with Gasteiger partial charge in [0.25, 0.3) is 0 Å². The fourth-order valence-corrected chi connectivity index (χ4v) is 2.43. The van der Waals surface area contributed by atoms with Crippen molar-refractivity contribution in [1.82, 2.24) is 14.9 Å². The second-order valence-corrected chi connectivity index (χ2v) is 4.85. The molecule has 1 spiro atoms. The summed E-state index contributed by atoms with van der Waals surface area (Å²) in [5.41, 5.74) is 6.08. The average Bonchev–Trinajstić information content (AvgIpc) is 3.03. The second kappa shape index (κ2) is 3.31. The third-order valence-electron chi connectivity index (χ3n) is 3.77. The lowest BCUT2D eigenvalue weighted by Gasteiger charge is -2.40. The molecule has 0 bridgehead atoms. The Hall–Kier alpha value is -1.36. The van der Waals surface area contributed by atoms with E-state index in [1.165, 1.54) is 12.8 Å². The minimum Gasteiger partial charge on any atom is -0.384 e. The van der Waals surface area contributed by atoms with Crippen molar-refractivity contribution in [2.45, 2.75) is 18.4 Å². The Labute approximate surface area is 95.3 Å². The maximum atomic E-state index is 5.69. The van der Waals surface area contributed by atoms with Crippen molar-refractivity contribution < 1.29 is 0 Å². The summed E-state index contributed by atoms with van der Waals surface area (Å²) in [6, 6.07) is 1.73. The van der Waals surface area contributed by atoms with Gasteiger partial charge in [0, 0.05) is 31.4 Å². The molecule has 1 aromatic rings. The van der Waals surface area contributed by atoms with Crippen LogP contribution in [0.1, 0.15) is 12.8 Å². The average molecular weight is 219 g/mol. The smallest absolute Gasteiger partial charge is 0.227 e. The molecule has 2 fully saturated rings. The number of piperazine rings is 1. The van der Waals surface area contributed by atoms with Crippen LogP contribution in [0.25, 0.3) is 0 Å². The SMILES string of the molecule is CN1CCN(c2nccc(N)n2)CC12CC2. The number of nitrogens with two attached hydrogens (primary N) is 1. The molecule has 16 heavy (non-hydrogen) atoms. The summed E-state index contributed by atoms with van der Waals surface area (Å²) >= 11 is 0. The fraction of sp³-hybridized carbons (Fsp3) is 0.636. The minimum atomic E-state index is 0.395. The van der Waals surface area contributed by atoms with E-state index in [1.54, 1.807) is 12.3 Å². The van der Waals surface area contributed by atoms with Crippen molar-refractivity contribution in [1.29, 1.82) is 0 Å². The highest BCUT2D eigenvalue weighted by Gasteiger charge is 2.49. The molecule has 86 valence electrons. The van der Waals surface area contributed by atoms with E-state index < -0.39 is 0 Å². The Balaban J connectivity index is 1.81. The van der Waals surface area contributed by atoms with Crippen molar-refractivity contribution in [2.24, 2.45) is 0 Å². The van der Waals surface area contributed by atoms with Gasteiger partial charge in [0.2, 0.25) is 5.95 Å². The van der Waals surface area contributed by atoms with Gasteiger partial charge < -0.3 is 10.6 Å². The summed E-state index contributed by atoms with van der Waals surface area (Å²) in [6.45, 7) is 3.10. The standard InChI is InChI=1S/C11H17N5/c1-15-6-7-16(8-11(15)3-4-11)10-13-5-2-9(12)14-10/h2,5H,3-4,6-8H2,1H3,(H2,12,13,14). The molecule has 1 aromatic heterocycles. The van der Waals surface area contributed by atoms with Gasteiger partial charge in [0.05, 0.1) is 0 Å². The molecular weight excluding hydrogens is 202 g/mol. The zero-order chi connectivity index (χ0) is 11.2. The van der Waals surface area contributed by atoms with Gasteiger partial charge in [-0.2, -0.15) is 4.98 Å². The van der Waals surface area contributed by atoms with E-state index in [0.717, 1.165) is 25.6 Å². The molecule has 0 amide bonds. The highest BCUT2D eigenvalue weighted by Crippen LogP contribution is 2.43. The van der Waals surface area contributed by atoms with Crippen LogP contribution >= 0.6 is 0 Å². The number of hydrogen-bond donors (Lipinski definition) is 1. The Morgan fingerprint density at radius 2 is 2.19 bits per heavy atom. The van der Waals surface area contributed by atoms with Gasteiger partial charge in [0.15, 0.2) is 0 Å². The summed E-state index contributed by atoms with van der Waals surface area (Å²) in [6.07, 6.45) is 4.32. The number of nitrogen functional groups attached to an aromatic ring is 1. The monoisotopic (exact) mass is 219 g/mol. The maximum Gasteiger partial charge on any atom is 0.227 e. The molecule has 1 saturated carbocycles. The molecule has 0 aromatic carbocycles. The fourth-order valence-electron chi connectivity index (χ4n) is 2.43. The van der Waals surface area contributed by atoms with E-state index in [0.29, 0.717) is 11.4 Å². The largest absolute Gasteiger partial charge is 0.384 e. The van der Waals surface area contributed by atoms with Crippen molar-refractivity contribution in [3.8, 4) is 0 Å². The molecule has 2 N–H and O–H groups in total. The summed E-state index contributed by atoms with van der Waals surface area (Å²) in [5, 5.41) is 0. The minimum absolute atomic E-state index is 0.395. The van der Waals surface area contributed by atoms with Gasteiger partial charge in [-0.15, -0.1) is 0 Å². The molecule has 1 aliphatic carbocycles. The van der Waals surface area contributed by atoms with Crippen LogP contribution in [0.15, 0.2) is 12.3 Å². The number of hydrogen-bond acceptors (Lipinski definition) is 5. The third-order valence-corrected chi connectivity index (χ3v) is 3.77. The number of anilines is 2. The molecule has 2 aliphatic rings. The van der Waals surface area contributed by atoms with Crippen LogP contribution in [0.3, 0.4) is 0 Å². The van der Waals surface area contributed by atoms with E-state index in [1.807, 2.05) is 0 Å². The number of aromatic nitrogens is 2. The predicted octanol–water partition coefficient (Wildman–Crippen LogP) is 0.343. The lowest BCUT2D eigenvalue weighted by molar-refractivity contribution is 0.197. The molecule has 3 rings (SSSR count). The quantitative estimate of drug-likeness (QED) is 0.738. The van der Waals surface area contributed by atoms with Crippen LogP contribution in [0.2, 0.25) is 0 Å². The first-order chi connectivity index (χ1) is 7.70. The summed E-state index contributed by atoms with van der Waals surface area (Å²) in [7, 11) is 2.21. The van der Waals surface area contributed by atoms with Crippen LogP contribution in [0.5, 0.6) is 0 Å². The van der Waals surface area contributed by atoms with Gasteiger partial charge in [-0.05, 0) is 26.0 Å². The van der Waals surface area contributed by atoms with Crippen molar-refractivity contribution in [3.63, 3.8) is 0 Å². The van der Waals surface area contributed by atoms with Crippen molar-refractivity contribution in [2.75, 3.05) is 37.3 Å². The van der Waals surface area contributed by atoms with E-state index >= 15 is 0 Å². The van der Waals surface area contributed by atoms with E-state index in [9.17, 15) is 0 Å². The number of rotatable bonds is 1. The zero-order valence-corrected chi connectivity index (χ0v) is 9.56. The lowest BCUT2D eigenvalue weighted by atomic mass is 10.1. The first-order valence-electron chi connectivity index (χ1n) is 5.74. The summed E-state index contributed by atoms with van der Waals surface area (Å²) in [4.78, 5) is 13.3. The van der Waals surface area contributed by atoms with Crippen LogP contribution in [-0.2, 0) is 0 Å². The van der Waals surface area contributed by atoms with Crippen LogP contribution in [0, 0.1) is 0 Å². The molecule has 0 atom stereocenters. The van der Waals surface area contributed by atoms with Gasteiger partial charge in [-0.3, -0.25) is 4.90 Å². The zero-order valence-electron chi connectivity index (χ0n) is 9.56. The topological polar surface area (TPSA) is 58.3 Å². The Morgan fingerprint density at radius 1 is 1.38 bits per heavy atom. The Bertz CT molecular complexity index is 401. The van der Waals surface area contributed by atoms with Gasteiger partial charge in [0.1, 0.15) is 5.82 Å². The molecule has 2 heterocycles. The molecule has 5 heteroatoms. The highest BCUT2D eigenvalue weighted by molar-refractivity contribution is 5.39. The first kappa shape index (κ1) is 9.84. The third kappa shape index (κ3) is 1.51. The highest BCUT2D eigenvalue weighted by atomic mass is 15.4. The van der Waals surface area contributed by atoms with Crippen molar-refractivity contribution >= 4 is 11.8 Å². The first-order valence-corrected chi connectivity index (χ1v) is 5.74. The Kier molecular flexibility index (Phi) is 2.04. The molecule has 5 nitrogen and oxygen atoms in total. The van der Waals surface area contributed by atoms with Crippen LogP contribution < -0.4 is 10.6 Å². The Morgan fingerprint density at radius 3 is 2.88 bits per heavy atom. The summed E-state index contributed by atoms with van der Waals surface area (Å²) in [5.74, 6) is 1.33. The molecule has 1 saturated heterocycles. The van der Waals surface area contributed by atoms with E-state index in [2.05, 4.69) is 26.8 Å². The molecular formula is C11H17N5. The number of nitrogens with zero attached hydrogens (tertiary/aromatic N) is 4. The molecule has 1 aliphatic heterocycles. The molecule has 0 radical (unpaired) electrons. The van der Waals surface area contributed by atoms with Crippen molar-refractivity contribution in [3.05, 3.63) is 12.3 Å². The van der Waals surface area contributed by atoms with Crippen LogP contribution in [0.4, 0.5) is 11.8 Å². The van der Waals surface area contributed by atoms with E-state index in [-0.39, 0.29) is 0 Å². The maximum absolute atomic E-state index is 5.69.